The third kappa shape index (κ3) is 6.02. The van der Waals surface area contributed by atoms with Crippen LogP contribution in [-0.2, 0) is 14.8 Å². The van der Waals surface area contributed by atoms with Crippen molar-refractivity contribution in [3.8, 4) is 17.1 Å². The van der Waals surface area contributed by atoms with Gasteiger partial charge in [0.15, 0.2) is 0 Å². The first kappa shape index (κ1) is 31.0. The number of benzene rings is 2. The molecule has 1 aliphatic heterocycles. The van der Waals surface area contributed by atoms with Crippen molar-refractivity contribution in [2.45, 2.75) is 76.8 Å². The lowest BCUT2D eigenvalue weighted by molar-refractivity contribution is -0.142. The fourth-order valence-corrected chi connectivity index (χ4v) is 8.47. The Labute approximate surface area is 265 Å². The molecule has 2 saturated carbocycles. The van der Waals surface area contributed by atoms with Crippen molar-refractivity contribution in [3.63, 3.8) is 0 Å². The van der Waals surface area contributed by atoms with Crippen LogP contribution in [0.2, 0.25) is 0 Å². The minimum atomic E-state index is -4.13. The second-order valence-corrected chi connectivity index (χ2v) is 15.1. The van der Waals surface area contributed by atoms with Gasteiger partial charge in [-0.05, 0) is 86.6 Å². The Morgan fingerprint density at radius 3 is 2.42 bits per heavy atom. The minimum Gasteiger partial charge on any atom is -0.475 e. The fraction of sp³-hybridized carbons (Fsp3) is 0.471. The molecule has 2 fully saturated rings. The third-order valence-electron chi connectivity index (χ3n) is 9.56. The van der Waals surface area contributed by atoms with E-state index in [2.05, 4.69) is 33.9 Å². The molecule has 10 nitrogen and oxygen atoms in total. The van der Waals surface area contributed by atoms with Gasteiger partial charge in [0.05, 0.1) is 16.6 Å². The van der Waals surface area contributed by atoms with E-state index in [9.17, 15) is 18.0 Å². The predicted octanol–water partition coefficient (Wildman–Crippen LogP) is 5.12. The zero-order valence-corrected chi connectivity index (χ0v) is 27.3. The number of carbonyl (C=O) groups excluding carboxylic acids is 2. The molecule has 2 amide bonds. The summed E-state index contributed by atoms with van der Waals surface area (Å²) >= 11 is 0. The van der Waals surface area contributed by atoms with Crippen LogP contribution in [0.1, 0.15) is 67.4 Å². The van der Waals surface area contributed by atoms with Crippen molar-refractivity contribution in [1.82, 2.24) is 20.2 Å². The van der Waals surface area contributed by atoms with Gasteiger partial charge in [-0.25, -0.2) is 18.1 Å². The van der Waals surface area contributed by atoms with Crippen molar-refractivity contribution in [3.05, 3.63) is 65.2 Å². The molecule has 3 aromatic rings. The number of aryl methyl sites for hydroxylation is 2. The minimum absolute atomic E-state index is 0.0175. The Bertz CT molecular complexity index is 1720. The van der Waals surface area contributed by atoms with E-state index in [-0.39, 0.29) is 64.5 Å². The van der Waals surface area contributed by atoms with Crippen molar-refractivity contribution in [1.29, 1.82) is 0 Å². The molecule has 2 heterocycles. The maximum atomic E-state index is 14.3. The molecule has 0 unspecified atom stereocenters. The summed E-state index contributed by atoms with van der Waals surface area (Å²) in [6.45, 7) is 8.38. The number of carbonyl (C=O) groups is 2. The maximum absolute atomic E-state index is 14.3. The van der Waals surface area contributed by atoms with E-state index in [1.807, 2.05) is 36.9 Å². The highest BCUT2D eigenvalue weighted by molar-refractivity contribution is 7.92. The smallest absolute Gasteiger partial charge is 0.264 e. The summed E-state index contributed by atoms with van der Waals surface area (Å²) in [5, 5.41) is 2.76. The molecular formula is C34H41N5O5S. The third-order valence-corrected chi connectivity index (χ3v) is 10.9. The number of sulfonamides is 1. The van der Waals surface area contributed by atoms with Crippen LogP contribution in [0.25, 0.3) is 11.3 Å². The van der Waals surface area contributed by atoms with Crippen molar-refractivity contribution in [2.75, 3.05) is 18.4 Å². The number of fused-ring (bicyclic) bond motifs is 4. The van der Waals surface area contributed by atoms with Crippen LogP contribution in [0.4, 0.5) is 5.95 Å². The van der Waals surface area contributed by atoms with E-state index in [0.29, 0.717) is 17.7 Å². The molecule has 2 N–H and O–H groups in total. The largest absolute Gasteiger partial charge is 0.475 e. The second kappa shape index (κ2) is 11.7. The number of hydrogen-bond donors (Lipinski definition) is 2. The van der Waals surface area contributed by atoms with Crippen molar-refractivity contribution >= 4 is 27.8 Å². The van der Waals surface area contributed by atoms with Gasteiger partial charge in [0, 0.05) is 36.2 Å². The maximum Gasteiger partial charge on any atom is 0.264 e. The highest BCUT2D eigenvalue weighted by Crippen LogP contribution is 2.60. The SMILES string of the molecule is CNC(=O)[C@H]1CC2(C1)C[C@H](N1C(=O)c3cccc(c3)S(=O)(=O)Nc3nc(cc(-c4c(C)cccc4C)n3)OC[C@H]1CC(C)C)C2. The average molecular weight is 632 g/mol. The van der Waals surface area contributed by atoms with E-state index in [0.717, 1.165) is 42.4 Å². The molecule has 2 aliphatic carbocycles. The van der Waals surface area contributed by atoms with E-state index in [1.54, 1.807) is 25.2 Å². The normalized spacial score (nSPS) is 25.5. The van der Waals surface area contributed by atoms with Gasteiger partial charge in [-0.15, -0.1) is 0 Å². The van der Waals surface area contributed by atoms with Crippen LogP contribution in [0.5, 0.6) is 5.88 Å². The monoisotopic (exact) mass is 631 g/mol. The summed E-state index contributed by atoms with van der Waals surface area (Å²) < 4.78 is 36.1. The van der Waals surface area contributed by atoms with E-state index in [4.69, 9.17) is 4.74 Å². The molecule has 0 saturated heterocycles. The standard InChI is InChI=1S/C34H41N5O5S/c1-20(2)12-25-19-44-29-14-28(30-21(3)8-6-9-22(30)4)36-33(37-29)38-45(42,43)27-11-7-10-23(13-27)32(41)39(25)26-17-34(18-26)15-24(16-34)31(40)35-5/h6-11,13-14,20,24-26H,12,15-19H2,1-5H3,(H,35,40)(H,36,37,38)/t24-,25-,26-,34?/m1/s1. The second-order valence-electron chi connectivity index (χ2n) is 13.4. The molecule has 45 heavy (non-hydrogen) atoms. The summed E-state index contributed by atoms with van der Waals surface area (Å²) in [7, 11) is -2.47. The van der Waals surface area contributed by atoms with Gasteiger partial charge >= 0.3 is 0 Å². The lowest BCUT2D eigenvalue weighted by Crippen LogP contribution is -2.62. The van der Waals surface area contributed by atoms with Crippen LogP contribution < -0.4 is 14.8 Å². The first-order valence-electron chi connectivity index (χ1n) is 15.6. The molecule has 11 heteroatoms. The number of nitrogens with zero attached hydrogens (tertiary/aromatic N) is 3. The average Bonchev–Trinajstić information content (AvgIpc) is 2.94. The Hall–Kier alpha value is -3.99. The number of rotatable bonds is 5. The molecule has 3 aliphatic rings. The summed E-state index contributed by atoms with van der Waals surface area (Å²) in [5.41, 5.74) is 3.75. The molecule has 1 atom stereocenters. The Kier molecular flexibility index (Phi) is 8.09. The van der Waals surface area contributed by atoms with Crippen LogP contribution in [0.3, 0.4) is 0 Å². The van der Waals surface area contributed by atoms with E-state index < -0.39 is 10.0 Å². The van der Waals surface area contributed by atoms with E-state index in [1.165, 1.54) is 12.1 Å². The highest BCUT2D eigenvalue weighted by atomic mass is 32.2. The number of amides is 2. The zero-order valence-electron chi connectivity index (χ0n) is 26.5. The van der Waals surface area contributed by atoms with Gasteiger partial charge in [-0.1, -0.05) is 38.1 Å². The lowest BCUT2D eigenvalue weighted by atomic mass is 9.49. The van der Waals surface area contributed by atoms with Gasteiger partial charge in [0.1, 0.15) is 6.61 Å². The van der Waals surface area contributed by atoms with Gasteiger partial charge in [0.2, 0.25) is 17.7 Å². The van der Waals surface area contributed by atoms with Crippen LogP contribution >= 0.6 is 0 Å². The molecular weight excluding hydrogens is 590 g/mol. The molecule has 1 aromatic heterocycles. The zero-order chi connectivity index (χ0) is 32.1. The van der Waals surface area contributed by atoms with Crippen molar-refractivity contribution in [2.24, 2.45) is 17.3 Å². The van der Waals surface area contributed by atoms with Crippen LogP contribution in [-0.4, -0.2) is 60.8 Å². The Morgan fingerprint density at radius 2 is 1.76 bits per heavy atom. The Balaban J connectivity index is 1.41. The number of ether oxygens (including phenoxy) is 1. The number of aromatic nitrogens is 2. The lowest BCUT2D eigenvalue weighted by Gasteiger charge is -2.60. The number of hydrogen-bond acceptors (Lipinski definition) is 7. The number of anilines is 1. The van der Waals surface area contributed by atoms with Crippen molar-refractivity contribution < 1.29 is 22.7 Å². The molecule has 2 aromatic carbocycles. The van der Waals surface area contributed by atoms with Gasteiger partial charge in [-0.2, -0.15) is 4.98 Å². The molecule has 4 bridgehead atoms. The first-order valence-corrected chi connectivity index (χ1v) is 17.1. The summed E-state index contributed by atoms with van der Waals surface area (Å²) in [6, 6.07) is 13.5. The molecule has 1 spiro atoms. The molecule has 238 valence electrons. The van der Waals surface area contributed by atoms with Gasteiger partial charge in [0.25, 0.3) is 15.9 Å². The summed E-state index contributed by atoms with van der Waals surface area (Å²) in [6.07, 6.45) is 3.93. The predicted molar refractivity (Wildman–Crippen MR) is 171 cm³/mol. The number of nitrogens with one attached hydrogen (secondary N) is 2. The van der Waals surface area contributed by atoms with Gasteiger partial charge in [-0.3, -0.25) is 9.59 Å². The topological polar surface area (TPSA) is 131 Å². The van der Waals surface area contributed by atoms with Gasteiger partial charge < -0.3 is 15.0 Å². The van der Waals surface area contributed by atoms with E-state index >= 15 is 0 Å². The molecule has 0 radical (unpaired) electrons. The molecule has 6 rings (SSSR count). The van der Waals surface area contributed by atoms with Crippen LogP contribution in [0.15, 0.2) is 53.4 Å². The highest BCUT2D eigenvalue weighted by Gasteiger charge is 2.57. The van der Waals surface area contributed by atoms with Crippen LogP contribution in [0, 0.1) is 31.1 Å². The first-order chi connectivity index (χ1) is 21.4. The fourth-order valence-electron chi connectivity index (χ4n) is 7.48. The summed E-state index contributed by atoms with van der Waals surface area (Å²) in [5.74, 6) is 0.254. The Morgan fingerprint density at radius 1 is 1.07 bits per heavy atom. The summed E-state index contributed by atoms with van der Waals surface area (Å²) in [4.78, 5) is 37.5. The quantitative estimate of drug-likeness (QED) is 0.400.